The van der Waals surface area contributed by atoms with Crippen LogP contribution in [0.1, 0.15) is 38.6 Å². The zero-order valence-corrected chi connectivity index (χ0v) is 19.2. The second kappa shape index (κ2) is 7.68. The summed E-state index contributed by atoms with van der Waals surface area (Å²) in [6.07, 6.45) is -4.03. The fourth-order valence-electron chi connectivity index (χ4n) is 4.72. The van der Waals surface area contributed by atoms with Crippen LogP contribution in [0.5, 0.6) is 0 Å². The Hall–Kier alpha value is -3.69. The largest absolute Gasteiger partial charge is 0.435 e. The van der Waals surface area contributed by atoms with E-state index in [2.05, 4.69) is 15.2 Å². The predicted octanol–water partition coefficient (Wildman–Crippen LogP) is 4.20. The van der Waals surface area contributed by atoms with Gasteiger partial charge >= 0.3 is 6.18 Å². The number of hydrogen-bond acceptors (Lipinski definition) is 4. The topological polar surface area (TPSA) is 68.8 Å². The lowest BCUT2D eigenvalue weighted by atomic mass is 10.0. The molecular weight excluding hydrogens is 445 g/mol. The molecule has 176 valence electrons. The Morgan fingerprint density at radius 2 is 1.79 bits per heavy atom. The molecule has 0 fully saturated rings. The zero-order chi connectivity index (χ0) is 24.4. The normalized spacial score (nSPS) is 14.0. The summed E-state index contributed by atoms with van der Waals surface area (Å²) in [6.45, 7) is 4.66. The van der Waals surface area contributed by atoms with Gasteiger partial charge in [-0.1, -0.05) is 0 Å². The molecule has 0 saturated heterocycles. The second-order valence-electron chi connectivity index (χ2n) is 8.72. The molecule has 1 aromatic carbocycles. The Morgan fingerprint density at radius 3 is 2.50 bits per heavy atom. The summed E-state index contributed by atoms with van der Waals surface area (Å²) in [6, 6.07) is 8.54. The number of halogens is 3. The molecule has 7 nitrogen and oxygen atoms in total. The molecule has 0 radical (unpaired) electrons. The van der Waals surface area contributed by atoms with Gasteiger partial charge < -0.3 is 4.90 Å². The third-order valence-electron chi connectivity index (χ3n) is 6.29. The minimum atomic E-state index is -4.52. The van der Waals surface area contributed by atoms with Crippen molar-refractivity contribution < 1.29 is 18.0 Å². The molecule has 1 amide bonds. The molecule has 0 atom stereocenters. The third kappa shape index (κ3) is 3.63. The molecule has 0 spiro atoms. The van der Waals surface area contributed by atoms with Crippen LogP contribution in [0.15, 0.2) is 30.3 Å². The molecule has 0 aliphatic carbocycles. The maximum Gasteiger partial charge on any atom is 0.435 e. The van der Waals surface area contributed by atoms with Crippen LogP contribution in [-0.2, 0) is 33.2 Å². The van der Waals surface area contributed by atoms with E-state index in [9.17, 15) is 18.0 Å². The molecule has 10 heteroatoms. The SMILES string of the molecule is Cc1cc(C)c2cc(C(=O)N3CCc4c(nn(C)c4-c4cc(C(F)(F)F)nn4C)C3)ccc2n1. The molecule has 1 aliphatic heterocycles. The van der Waals surface area contributed by atoms with E-state index in [1.54, 1.807) is 22.7 Å². The fraction of sp³-hybridized carbons (Fsp3) is 0.333. The quantitative estimate of drug-likeness (QED) is 0.442. The van der Waals surface area contributed by atoms with Crippen LogP contribution in [0.3, 0.4) is 0 Å². The Labute approximate surface area is 193 Å². The van der Waals surface area contributed by atoms with Gasteiger partial charge in [-0.25, -0.2) is 0 Å². The second-order valence-corrected chi connectivity index (χ2v) is 8.72. The first-order chi connectivity index (χ1) is 16.0. The molecule has 0 unspecified atom stereocenters. The highest BCUT2D eigenvalue weighted by molar-refractivity contribution is 5.98. The van der Waals surface area contributed by atoms with Gasteiger partial charge in [0.1, 0.15) is 0 Å². The standard InChI is InChI=1S/C24H23F3N6O/c1-13-9-14(2)28-18-6-5-15(10-17(13)18)23(34)33-8-7-16-19(12-33)29-32(4)22(16)20-11-21(24(25,26)27)30-31(20)3/h5-6,9-11H,7-8,12H2,1-4H3. The number of benzene rings is 1. The smallest absolute Gasteiger partial charge is 0.332 e. The number of fused-ring (bicyclic) bond motifs is 2. The number of hydrogen-bond donors (Lipinski definition) is 0. The van der Waals surface area contributed by atoms with E-state index in [-0.39, 0.29) is 12.5 Å². The molecule has 4 aromatic rings. The molecule has 4 heterocycles. The molecule has 0 N–H and O–H groups in total. The van der Waals surface area contributed by atoms with Crippen molar-refractivity contribution in [3.63, 3.8) is 0 Å². The molecule has 3 aromatic heterocycles. The van der Waals surface area contributed by atoms with Gasteiger partial charge in [0.25, 0.3) is 5.91 Å². The first-order valence-electron chi connectivity index (χ1n) is 10.9. The Kier molecular flexibility index (Phi) is 5.00. The van der Waals surface area contributed by atoms with E-state index >= 15 is 0 Å². The average molecular weight is 468 g/mol. The van der Waals surface area contributed by atoms with Crippen molar-refractivity contribution in [2.45, 2.75) is 33.0 Å². The number of pyridine rings is 1. The number of alkyl halides is 3. The zero-order valence-electron chi connectivity index (χ0n) is 19.2. The van der Waals surface area contributed by atoms with Crippen LogP contribution in [0.25, 0.3) is 22.3 Å². The Morgan fingerprint density at radius 1 is 1.03 bits per heavy atom. The van der Waals surface area contributed by atoms with Gasteiger partial charge in [-0.05, 0) is 56.2 Å². The highest BCUT2D eigenvalue weighted by Gasteiger charge is 2.36. The molecule has 5 rings (SSSR count). The summed E-state index contributed by atoms with van der Waals surface area (Å²) in [5.74, 6) is -0.111. The van der Waals surface area contributed by atoms with Crippen molar-refractivity contribution in [3.8, 4) is 11.4 Å². The summed E-state index contributed by atoms with van der Waals surface area (Å²) in [5.41, 5.74) is 4.92. The van der Waals surface area contributed by atoms with Crippen LogP contribution in [0.2, 0.25) is 0 Å². The monoisotopic (exact) mass is 468 g/mol. The van der Waals surface area contributed by atoms with Crippen molar-refractivity contribution in [2.24, 2.45) is 14.1 Å². The summed E-state index contributed by atoms with van der Waals surface area (Å²) in [5, 5.41) is 9.10. The lowest BCUT2D eigenvalue weighted by Gasteiger charge is -2.27. The Bertz CT molecular complexity index is 1450. The summed E-state index contributed by atoms with van der Waals surface area (Å²) < 4.78 is 42.3. The highest BCUT2D eigenvalue weighted by Crippen LogP contribution is 2.35. The molecular formula is C24H23F3N6O. The fourth-order valence-corrected chi connectivity index (χ4v) is 4.72. The third-order valence-corrected chi connectivity index (χ3v) is 6.29. The van der Waals surface area contributed by atoms with Crippen LogP contribution in [0, 0.1) is 13.8 Å². The van der Waals surface area contributed by atoms with E-state index in [1.165, 1.54) is 11.7 Å². The van der Waals surface area contributed by atoms with Gasteiger partial charge in [0, 0.05) is 42.8 Å². The van der Waals surface area contributed by atoms with Crippen LogP contribution in [0.4, 0.5) is 13.2 Å². The van der Waals surface area contributed by atoms with Crippen LogP contribution < -0.4 is 0 Å². The number of aryl methyl sites for hydroxylation is 4. The van der Waals surface area contributed by atoms with Crippen molar-refractivity contribution in [1.82, 2.24) is 29.4 Å². The summed E-state index contributed by atoms with van der Waals surface area (Å²) in [4.78, 5) is 19.5. The molecule has 0 saturated carbocycles. The van der Waals surface area contributed by atoms with Gasteiger partial charge in [-0.3, -0.25) is 19.1 Å². The van der Waals surface area contributed by atoms with Gasteiger partial charge in [-0.2, -0.15) is 23.4 Å². The number of amides is 1. The number of nitrogens with zero attached hydrogens (tertiary/aromatic N) is 6. The van der Waals surface area contributed by atoms with Crippen molar-refractivity contribution in [2.75, 3.05) is 6.54 Å². The van der Waals surface area contributed by atoms with Gasteiger partial charge in [0.2, 0.25) is 0 Å². The van der Waals surface area contributed by atoms with Crippen LogP contribution in [-0.4, -0.2) is 41.9 Å². The van der Waals surface area contributed by atoms with E-state index in [4.69, 9.17) is 0 Å². The highest BCUT2D eigenvalue weighted by atomic mass is 19.4. The van der Waals surface area contributed by atoms with E-state index in [0.29, 0.717) is 35.6 Å². The van der Waals surface area contributed by atoms with Gasteiger partial charge in [0.15, 0.2) is 5.69 Å². The molecule has 0 bridgehead atoms. The maximum atomic E-state index is 13.3. The first-order valence-corrected chi connectivity index (χ1v) is 10.9. The lowest BCUT2D eigenvalue weighted by molar-refractivity contribution is -0.141. The minimum absolute atomic E-state index is 0.111. The average Bonchev–Trinajstić information content (AvgIpc) is 3.30. The predicted molar refractivity (Wildman–Crippen MR) is 120 cm³/mol. The summed E-state index contributed by atoms with van der Waals surface area (Å²) >= 11 is 0. The van der Waals surface area contributed by atoms with Crippen molar-refractivity contribution >= 4 is 16.8 Å². The maximum absolute atomic E-state index is 13.3. The van der Waals surface area contributed by atoms with E-state index < -0.39 is 11.9 Å². The molecule has 1 aliphatic rings. The Balaban J connectivity index is 1.45. The van der Waals surface area contributed by atoms with Crippen molar-refractivity contribution in [1.29, 1.82) is 0 Å². The van der Waals surface area contributed by atoms with Gasteiger partial charge in [-0.15, -0.1) is 0 Å². The number of carbonyl (C=O) groups is 1. The van der Waals surface area contributed by atoms with E-state index in [1.807, 2.05) is 32.0 Å². The summed E-state index contributed by atoms with van der Waals surface area (Å²) in [7, 11) is 3.18. The lowest BCUT2D eigenvalue weighted by Crippen LogP contribution is -2.36. The molecule has 34 heavy (non-hydrogen) atoms. The number of rotatable bonds is 2. The number of aromatic nitrogens is 5. The van der Waals surface area contributed by atoms with Crippen LogP contribution >= 0.6 is 0 Å². The first kappa shape index (κ1) is 22.1. The number of carbonyl (C=O) groups excluding carboxylic acids is 1. The van der Waals surface area contributed by atoms with E-state index in [0.717, 1.165) is 33.8 Å². The van der Waals surface area contributed by atoms with Crippen molar-refractivity contribution in [3.05, 3.63) is 64.1 Å². The minimum Gasteiger partial charge on any atom is -0.332 e. The van der Waals surface area contributed by atoms with Gasteiger partial charge in [0.05, 0.1) is 29.1 Å².